The third-order valence-corrected chi connectivity index (χ3v) is 2.90. The van der Waals surface area contributed by atoms with E-state index in [0.717, 1.165) is 5.56 Å². The quantitative estimate of drug-likeness (QED) is 0.753. The van der Waals surface area contributed by atoms with Crippen LogP contribution in [0.5, 0.6) is 0 Å². The minimum atomic E-state index is -0.776. The highest BCUT2D eigenvalue weighted by Crippen LogP contribution is 2.10. The molecule has 0 aliphatic heterocycles. The van der Waals surface area contributed by atoms with E-state index in [9.17, 15) is 9.90 Å². The van der Waals surface area contributed by atoms with Crippen LogP contribution in [-0.2, 0) is 11.3 Å². The number of hydrogen-bond donors (Lipinski definition) is 2. The van der Waals surface area contributed by atoms with Gasteiger partial charge >= 0.3 is 6.09 Å². The van der Waals surface area contributed by atoms with Crippen molar-refractivity contribution in [2.45, 2.75) is 39.0 Å². The van der Waals surface area contributed by atoms with Gasteiger partial charge in [-0.05, 0) is 17.9 Å². The van der Waals surface area contributed by atoms with Crippen molar-refractivity contribution in [2.24, 2.45) is 5.92 Å². The topological polar surface area (TPSA) is 58.6 Å². The van der Waals surface area contributed by atoms with Crippen molar-refractivity contribution in [3.05, 3.63) is 48.6 Å². The number of benzene rings is 1. The fourth-order valence-corrected chi connectivity index (χ4v) is 1.87. The molecule has 0 spiro atoms. The summed E-state index contributed by atoms with van der Waals surface area (Å²) in [6, 6.07) is 9.08. The lowest BCUT2D eigenvalue weighted by molar-refractivity contribution is 0.113. The monoisotopic (exact) mass is 277 g/mol. The first kappa shape index (κ1) is 16.2. The summed E-state index contributed by atoms with van der Waals surface area (Å²) in [6.45, 7) is 7.82. The molecule has 0 bridgehead atoms. The maximum Gasteiger partial charge on any atom is 0.407 e. The first-order valence-corrected chi connectivity index (χ1v) is 6.80. The van der Waals surface area contributed by atoms with E-state index in [0.29, 0.717) is 12.3 Å². The molecule has 0 heterocycles. The van der Waals surface area contributed by atoms with E-state index in [1.165, 1.54) is 6.08 Å². The van der Waals surface area contributed by atoms with E-state index in [1.54, 1.807) is 0 Å². The summed E-state index contributed by atoms with van der Waals surface area (Å²) < 4.78 is 5.14. The predicted molar refractivity (Wildman–Crippen MR) is 79.2 cm³/mol. The van der Waals surface area contributed by atoms with Gasteiger partial charge in [-0.1, -0.05) is 50.3 Å². The third kappa shape index (κ3) is 5.89. The molecule has 0 aliphatic rings. The molecular formula is C16H23NO3. The van der Waals surface area contributed by atoms with E-state index in [2.05, 4.69) is 11.9 Å². The Hall–Kier alpha value is -1.81. The van der Waals surface area contributed by atoms with Crippen LogP contribution in [0, 0.1) is 5.92 Å². The zero-order valence-electron chi connectivity index (χ0n) is 12.1. The molecule has 0 aromatic heterocycles. The molecule has 0 saturated carbocycles. The summed E-state index contributed by atoms with van der Waals surface area (Å²) in [5.74, 6) is 0.351. The number of amides is 1. The van der Waals surface area contributed by atoms with Crippen molar-refractivity contribution >= 4 is 6.09 Å². The van der Waals surface area contributed by atoms with Crippen LogP contribution in [0.15, 0.2) is 43.0 Å². The van der Waals surface area contributed by atoms with Crippen LogP contribution in [0.1, 0.15) is 25.8 Å². The van der Waals surface area contributed by atoms with Crippen LogP contribution in [0.3, 0.4) is 0 Å². The number of nitrogens with one attached hydrogen (secondary N) is 1. The Kier molecular flexibility index (Phi) is 6.81. The van der Waals surface area contributed by atoms with Crippen molar-refractivity contribution in [3.63, 3.8) is 0 Å². The summed E-state index contributed by atoms with van der Waals surface area (Å²) in [5.41, 5.74) is 0.923. The molecule has 2 atom stereocenters. The zero-order valence-corrected chi connectivity index (χ0v) is 12.1. The molecule has 20 heavy (non-hydrogen) atoms. The number of hydrogen-bond acceptors (Lipinski definition) is 3. The molecule has 0 fully saturated rings. The van der Waals surface area contributed by atoms with Crippen LogP contribution in [0.2, 0.25) is 0 Å². The first-order valence-electron chi connectivity index (χ1n) is 6.80. The highest BCUT2D eigenvalue weighted by atomic mass is 16.5. The Morgan fingerprint density at radius 3 is 2.60 bits per heavy atom. The molecule has 0 radical (unpaired) electrons. The summed E-state index contributed by atoms with van der Waals surface area (Å²) in [5, 5.41) is 12.5. The second kappa shape index (κ2) is 8.38. The number of aliphatic hydroxyl groups is 1. The molecule has 4 nitrogen and oxygen atoms in total. The van der Waals surface area contributed by atoms with Gasteiger partial charge in [-0.2, -0.15) is 0 Å². The predicted octanol–water partition coefficient (Wildman–Crippen LogP) is 2.87. The zero-order chi connectivity index (χ0) is 15.0. The third-order valence-electron chi connectivity index (χ3n) is 2.90. The van der Waals surface area contributed by atoms with Gasteiger partial charge in [0.15, 0.2) is 0 Å². The fraction of sp³-hybridized carbons (Fsp3) is 0.438. The van der Waals surface area contributed by atoms with Crippen molar-refractivity contribution in [3.8, 4) is 0 Å². The normalized spacial score (nSPS) is 13.6. The molecular weight excluding hydrogens is 254 g/mol. The lowest BCUT2D eigenvalue weighted by Gasteiger charge is -2.23. The van der Waals surface area contributed by atoms with E-state index in [4.69, 9.17) is 4.74 Å². The minimum absolute atomic E-state index is 0.214. The summed E-state index contributed by atoms with van der Waals surface area (Å²) >= 11 is 0. The number of aliphatic hydroxyl groups excluding tert-OH is 1. The van der Waals surface area contributed by atoms with Crippen LogP contribution in [0.4, 0.5) is 4.79 Å². The fourth-order valence-electron chi connectivity index (χ4n) is 1.87. The molecule has 2 unspecified atom stereocenters. The molecule has 1 rings (SSSR count). The second-order valence-corrected chi connectivity index (χ2v) is 5.17. The summed E-state index contributed by atoms with van der Waals surface area (Å²) in [6.07, 6.45) is 0.778. The minimum Gasteiger partial charge on any atom is -0.445 e. The van der Waals surface area contributed by atoms with E-state index >= 15 is 0 Å². The van der Waals surface area contributed by atoms with Gasteiger partial charge in [0.2, 0.25) is 0 Å². The first-order chi connectivity index (χ1) is 9.52. The molecule has 1 aromatic rings. The van der Waals surface area contributed by atoms with Gasteiger partial charge in [-0.3, -0.25) is 0 Å². The van der Waals surface area contributed by atoms with Gasteiger partial charge in [0.25, 0.3) is 0 Å². The van der Waals surface area contributed by atoms with Gasteiger partial charge in [0.05, 0.1) is 12.1 Å². The lowest BCUT2D eigenvalue weighted by atomic mass is 9.99. The van der Waals surface area contributed by atoms with Crippen LogP contribution >= 0.6 is 0 Å². The van der Waals surface area contributed by atoms with Crippen LogP contribution in [-0.4, -0.2) is 23.3 Å². The van der Waals surface area contributed by atoms with Crippen molar-refractivity contribution in [2.75, 3.05) is 0 Å². The molecule has 1 amide bonds. The van der Waals surface area contributed by atoms with Gasteiger partial charge in [0, 0.05) is 0 Å². The molecule has 1 aromatic carbocycles. The van der Waals surface area contributed by atoms with Crippen LogP contribution in [0.25, 0.3) is 0 Å². The maximum absolute atomic E-state index is 11.7. The number of ether oxygens (including phenoxy) is 1. The largest absolute Gasteiger partial charge is 0.445 e. The Morgan fingerprint density at radius 2 is 2.05 bits per heavy atom. The van der Waals surface area contributed by atoms with Gasteiger partial charge < -0.3 is 15.2 Å². The standard InChI is InChI=1S/C16H23NO3/c1-4-15(18)14(10-12(2)3)17-16(19)20-11-13-8-6-5-7-9-13/h4-9,12,14-15,18H,1,10-11H2,2-3H3,(H,17,19). The summed E-state index contributed by atoms with van der Waals surface area (Å²) in [4.78, 5) is 11.7. The molecule has 4 heteroatoms. The Labute approximate surface area is 120 Å². The molecule has 0 saturated heterocycles. The van der Waals surface area contributed by atoms with Gasteiger partial charge in [-0.25, -0.2) is 4.79 Å². The highest BCUT2D eigenvalue weighted by molar-refractivity contribution is 5.67. The lowest BCUT2D eigenvalue weighted by Crippen LogP contribution is -2.43. The molecule has 2 N–H and O–H groups in total. The Balaban J connectivity index is 2.47. The molecule has 110 valence electrons. The Bertz CT molecular complexity index is 417. The number of carbonyl (C=O) groups is 1. The number of carbonyl (C=O) groups excluding carboxylic acids is 1. The number of rotatable bonds is 7. The van der Waals surface area contributed by atoms with Gasteiger partial charge in [-0.15, -0.1) is 6.58 Å². The van der Waals surface area contributed by atoms with E-state index < -0.39 is 12.2 Å². The van der Waals surface area contributed by atoms with Crippen LogP contribution < -0.4 is 5.32 Å². The average molecular weight is 277 g/mol. The van der Waals surface area contributed by atoms with Crippen molar-refractivity contribution in [1.29, 1.82) is 0 Å². The van der Waals surface area contributed by atoms with Gasteiger partial charge in [0.1, 0.15) is 6.61 Å². The number of alkyl carbamates (subject to hydrolysis) is 1. The smallest absolute Gasteiger partial charge is 0.407 e. The average Bonchev–Trinajstić information content (AvgIpc) is 2.44. The van der Waals surface area contributed by atoms with Crippen molar-refractivity contribution in [1.82, 2.24) is 5.32 Å². The van der Waals surface area contributed by atoms with Crippen molar-refractivity contribution < 1.29 is 14.6 Å². The SMILES string of the molecule is C=CC(O)C(CC(C)C)NC(=O)OCc1ccccc1. The molecule has 0 aliphatic carbocycles. The second-order valence-electron chi connectivity index (χ2n) is 5.17. The summed E-state index contributed by atoms with van der Waals surface area (Å²) in [7, 11) is 0. The van der Waals surface area contributed by atoms with E-state index in [1.807, 2.05) is 44.2 Å². The Morgan fingerprint density at radius 1 is 1.40 bits per heavy atom. The highest BCUT2D eigenvalue weighted by Gasteiger charge is 2.20. The maximum atomic E-state index is 11.7. The van der Waals surface area contributed by atoms with E-state index in [-0.39, 0.29) is 12.6 Å².